The van der Waals surface area contributed by atoms with Crippen LogP contribution in [0.25, 0.3) is 27.3 Å². The van der Waals surface area contributed by atoms with Crippen LogP contribution in [-0.2, 0) is 4.79 Å². The number of fused-ring (bicyclic) bond motifs is 1. The molecule has 1 aromatic carbocycles. The smallest absolute Gasteiger partial charge is 0.262 e. The summed E-state index contributed by atoms with van der Waals surface area (Å²) in [5.74, 6) is 0.439. The molecular weight excluding hydrogens is 430 g/mol. The number of carbonyl (C=O) groups is 1. The first-order valence-electron chi connectivity index (χ1n) is 8.52. The molecule has 0 aliphatic carbocycles. The van der Waals surface area contributed by atoms with Crippen molar-refractivity contribution in [2.24, 2.45) is 5.73 Å². The second-order valence-electron chi connectivity index (χ2n) is 5.74. The first-order chi connectivity index (χ1) is 14.1. The van der Waals surface area contributed by atoms with Crippen LogP contribution in [0.5, 0.6) is 0 Å². The average molecular weight is 446 g/mol. The zero-order chi connectivity index (χ0) is 20.4. The van der Waals surface area contributed by atoms with Crippen molar-refractivity contribution in [2.75, 3.05) is 11.5 Å². The Balaban J connectivity index is 1.82. The number of nitrogens with two attached hydrogens (primary N) is 1. The number of amides is 1. The number of carbonyl (C=O) groups excluding carboxylic acids is 1. The van der Waals surface area contributed by atoms with Crippen LogP contribution in [0.15, 0.2) is 44.8 Å². The van der Waals surface area contributed by atoms with Crippen molar-refractivity contribution in [1.29, 1.82) is 0 Å². The molecule has 3 N–H and O–H groups in total. The third-order valence-electron chi connectivity index (χ3n) is 3.80. The number of aromatic amines is 1. The van der Waals surface area contributed by atoms with Gasteiger partial charge in [0.1, 0.15) is 5.39 Å². The third-order valence-corrected chi connectivity index (χ3v) is 6.67. The van der Waals surface area contributed by atoms with Crippen LogP contribution < -0.4 is 11.3 Å². The van der Waals surface area contributed by atoms with Gasteiger partial charge in [0.25, 0.3) is 5.56 Å². The first kappa shape index (κ1) is 19.6. The van der Waals surface area contributed by atoms with Gasteiger partial charge in [0.15, 0.2) is 20.2 Å². The number of nitrogens with zero attached hydrogens (tertiary/aromatic N) is 5. The molecule has 9 nitrogen and oxygen atoms in total. The van der Waals surface area contributed by atoms with E-state index in [1.54, 1.807) is 16.4 Å². The predicted octanol–water partition coefficient (Wildman–Crippen LogP) is 2.32. The zero-order valence-electron chi connectivity index (χ0n) is 15.2. The van der Waals surface area contributed by atoms with Gasteiger partial charge in [0, 0.05) is 5.56 Å². The van der Waals surface area contributed by atoms with Gasteiger partial charge >= 0.3 is 0 Å². The summed E-state index contributed by atoms with van der Waals surface area (Å²) in [6.07, 6.45) is 1.47. The van der Waals surface area contributed by atoms with Gasteiger partial charge in [-0.05, 0) is 17.9 Å². The molecule has 0 aliphatic rings. The molecule has 3 aromatic heterocycles. The average Bonchev–Trinajstić information content (AvgIpc) is 3.34. The van der Waals surface area contributed by atoms with Crippen molar-refractivity contribution < 1.29 is 4.79 Å². The summed E-state index contributed by atoms with van der Waals surface area (Å²) in [6.45, 7) is 2.06. The van der Waals surface area contributed by atoms with Gasteiger partial charge in [-0.25, -0.2) is 9.67 Å². The largest absolute Gasteiger partial charge is 0.369 e. The lowest BCUT2D eigenvalue weighted by molar-refractivity contribution is -0.115. The van der Waals surface area contributed by atoms with Gasteiger partial charge in [-0.2, -0.15) is 5.10 Å². The van der Waals surface area contributed by atoms with Crippen molar-refractivity contribution in [1.82, 2.24) is 29.9 Å². The monoisotopic (exact) mass is 445 g/mol. The number of H-pyrrole nitrogens is 1. The molecule has 148 valence electrons. The van der Waals surface area contributed by atoms with E-state index in [9.17, 15) is 9.59 Å². The van der Waals surface area contributed by atoms with Crippen molar-refractivity contribution in [3.8, 4) is 16.3 Å². The van der Waals surface area contributed by atoms with Crippen molar-refractivity contribution >= 4 is 51.8 Å². The Kier molecular flexibility index (Phi) is 5.65. The first-order valence-corrected chi connectivity index (χ1v) is 11.3. The van der Waals surface area contributed by atoms with Crippen LogP contribution >= 0.6 is 34.9 Å². The number of primary amides is 1. The molecule has 12 heteroatoms. The summed E-state index contributed by atoms with van der Waals surface area (Å²) in [6, 6.07) is 7.60. The molecular formula is C17H15N7O2S3. The topological polar surface area (TPSA) is 132 Å². The summed E-state index contributed by atoms with van der Waals surface area (Å²) >= 11 is 4.20. The summed E-state index contributed by atoms with van der Waals surface area (Å²) in [5, 5.41) is 14.3. The highest BCUT2D eigenvalue weighted by Gasteiger charge is 2.17. The molecule has 0 radical (unpaired) electrons. The number of benzene rings is 1. The molecule has 3 heterocycles. The summed E-state index contributed by atoms with van der Waals surface area (Å²) in [7, 11) is 0. The molecule has 0 spiro atoms. The summed E-state index contributed by atoms with van der Waals surface area (Å²) < 4.78 is 2.49. The van der Waals surface area contributed by atoms with Gasteiger partial charge in [0.05, 0.1) is 17.6 Å². The van der Waals surface area contributed by atoms with Crippen LogP contribution in [0, 0.1) is 0 Å². The fourth-order valence-electron chi connectivity index (χ4n) is 2.62. The highest BCUT2D eigenvalue weighted by molar-refractivity contribution is 8.01. The minimum Gasteiger partial charge on any atom is -0.369 e. The highest BCUT2D eigenvalue weighted by atomic mass is 32.2. The summed E-state index contributed by atoms with van der Waals surface area (Å²) in [5.41, 5.74) is 6.82. The molecule has 4 aromatic rings. The number of para-hydroxylation sites is 1. The fraction of sp³-hybridized carbons (Fsp3) is 0.176. The van der Waals surface area contributed by atoms with Crippen LogP contribution in [0.2, 0.25) is 0 Å². The maximum Gasteiger partial charge on any atom is 0.262 e. The Hall–Kier alpha value is -2.70. The second-order valence-corrected chi connectivity index (χ2v) is 9.20. The van der Waals surface area contributed by atoms with E-state index < -0.39 is 5.91 Å². The number of thioether (sulfide) groups is 2. The van der Waals surface area contributed by atoms with E-state index in [0.717, 1.165) is 38.1 Å². The van der Waals surface area contributed by atoms with Crippen molar-refractivity contribution in [2.45, 2.75) is 16.4 Å². The van der Waals surface area contributed by atoms with E-state index in [1.807, 2.05) is 24.3 Å². The van der Waals surface area contributed by atoms with Crippen molar-refractivity contribution in [3.05, 3.63) is 40.8 Å². The maximum absolute atomic E-state index is 12.4. The molecule has 0 unspecified atom stereocenters. The zero-order valence-corrected chi connectivity index (χ0v) is 17.6. The standard InChI is InChI=1S/C17H15N7O2S3/c1-2-27-17-23-22-15(29-17)9-5-3-4-6-11(9)24-13-10(7-19-24)14(26)21-16(20-13)28-8-12(18)25/h3-7H,2,8H2,1H3,(H2,18,25)(H,20,21,26). The molecule has 1 amide bonds. The lowest BCUT2D eigenvalue weighted by Gasteiger charge is -2.08. The maximum atomic E-state index is 12.4. The quantitative estimate of drug-likeness (QED) is 0.327. The van der Waals surface area contributed by atoms with Gasteiger partial charge in [-0.15, -0.1) is 10.2 Å². The lowest BCUT2D eigenvalue weighted by Crippen LogP contribution is -2.15. The van der Waals surface area contributed by atoms with E-state index >= 15 is 0 Å². The van der Waals surface area contributed by atoms with E-state index in [4.69, 9.17) is 5.73 Å². The Morgan fingerprint density at radius 3 is 2.90 bits per heavy atom. The van der Waals surface area contributed by atoms with Gasteiger partial charge in [-0.3, -0.25) is 9.59 Å². The Morgan fingerprint density at radius 1 is 1.28 bits per heavy atom. The minimum atomic E-state index is -0.492. The molecule has 0 saturated carbocycles. The van der Waals surface area contributed by atoms with Crippen molar-refractivity contribution in [3.63, 3.8) is 0 Å². The number of hydrogen-bond donors (Lipinski definition) is 2. The predicted molar refractivity (Wildman–Crippen MR) is 115 cm³/mol. The highest BCUT2D eigenvalue weighted by Crippen LogP contribution is 2.33. The Morgan fingerprint density at radius 2 is 2.10 bits per heavy atom. The molecule has 29 heavy (non-hydrogen) atoms. The number of nitrogens with one attached hydrogen (secondary N) is 1. The number of hydrogen-bond acceptors (Lipinski definition) is 9. The molecule has 0 atom stereocenters. The van der Waals surface area contributed by atoms with Gasteiger partial charge in [-0.1, -0.05) is 53.9 Å². The Labute approximate surface area is 177 Å². The SMILES string of the molecule is CCSc1nnc(-c2ccccc2-n2ncc3c(=O)[nH]c(SCC(N)=O)nc32)s1. The lowest BCUT2D eigenvalue weighted by atomic mass is 10.2. The summed E-state index contributed by atoms with van der Waals surface area (Å²) in [4.78, 5) is 30.6. The molecule has 0 saturated heterocycles. The van der Waals surface area contributed by atoms with E-state index in [-0.39, 0.29) is 11.3 Å². The van der Waals surface area contributed by atoms with Crippen LogP contribution in [0.1, 0.15) is 6.92 Å². The molecule has 0 bridgehead atoms. The van der Waals surface area contributed by atoms with E-state index in [2.05, 4.69) is 32.2 Å². The fourth-order valence-corrected chi connectivity index (χ4v) is 5.00. The normalized spacial score (nSPS) is 11.2. The van der Waals surface area contributed by atoms with Gasteiger partial charge in [0.2, 0.25) is 5.91 Å². The van der Waals surface area contributed by atoms with Crippen LogP contribution in [0.4, 0.5) is 0 Å². The molecule has 0 aliphatic heterocycles. The number of rotatable bonds is 7. The van der Waals surface area contributed by atoms with Crippen LogP contribution in [0.3, 0.4) is 0 Å². The van der Waals surface area contributed by atoms with Crippen LogP contribution in [-0.4, -0.2) is 47.4 Å². The Bertz CT molecular complexity index is 1250. The third kappa shape index (κ3) is 4.04. The molecule has 4 rings (SSSR count). The number of aromatic nitrogens is 6. The minimum absolute atomic E-state index is 0.0157. The second kappa shape index (κ2) is 8.35. The van der Waals surface area contributed by atoms with E-state index in [0.29, 0.717) is 16.2 Å². The van der Waals surface area contributed by atoms with E-state index in [1.165, 1.54) is 17.5 Å². The van der Waals surface area contributed by atoms with Gasteiger partial charge < -0.3 is 10.7 Å². The molecule has 0 fully saturated rings.